The van der Waals surface area contributed by atoms with Gasteiger partial charge in [0.25, 0.3) is 0 Å². The summed E-state index contributed by atoms with van der Waals surface area (Å²) < 4.78 is 10.8. The average molecular weight is 407 g/mol. The Hall–Kier alpha value is -3.11. The van der Waals surface area contributed by atoms with Crippen molar-refractivity contribution in [3.05, 3.63) is 98.1 Å². The summed E-state index contributed by atoms with van der Waals surface area (Å²) in [5.41, 5.74) is 5.38. The Bertz CT molecular complexity index is 1050. The first-order chi connectivity index (χ1) is 14.4. The third kappa shape index (κ3) is 6.19. The molecule has 0 unspecified atom stereocenters. The van der Waals surface area contributed by atoms with Crippen LogP contribution in [0.25, 0.3) is 12.2 Å². The molecule has 1 aromatic heterocycles. The highest BCUT2D eigenvalue weighted by atomic mass is 16.5. The molecule has 0 spiro atoms. The van der Waals surface area contributed by atoms with E-state index < -0.39 is 0 Å². The molecule has 0 aliphatic rings. The van der Waals surface area contributed by atoms with Gasteiger partial charge in [-0.05, 0) is 38.8 Å². The molecule has 0 saturated carbocycles. The van der Waals surface area contributed by atoms with Crippen LogP contribution >= 0.6 is 0 Å². The molecule has 0 saturated heterocycles. The van der Waals surface area contributed by atoms with Crippen LogP contribution < -0.4 is 10.4 Å². The molecule has 158 valence electrons. The van der Waals surface area contributed by atoms with Crippen LogP contribution in [0.2, 0.25) is 0 Å². The number of allylic oxidation sites excluding steroid dienone is 5. The van der Waals surface area contributed by atoms with Gasteiger partial charge in [0.05, 0.1) is 19.3 Å². The molecule has 0 aliphatic heterocycles. The maximum Gasteiger partial charge on any atom is 0.342 e. The van der Waals surface area contributed by atoms with Crippen LogP contribution in [0.4, 0.5) is 0 Å². The smallest absolute Gasteiger partial charge is 0.342 e. The number of benzene rings is 1. The summed E-state index contributed by atoms with van der Waals surface area (Å²) in [6.07, 6.45) is 14.2. The van der Waals surface area contributed by atoms with E-state index in [2.05, 4.69) is 18.2 Å². The van der Waals surface area contributed by atoms with Crippen LogP contribution in [-0.2, 0) is 6.42 Å². The van der Waals surface area contributed by atoms with Gasteiger partial charge in [-0.25, -0.2) is 4.79 Å². The Morgan fingerprint density at radius 2 is 1.87 bits per heavy atom. The molecule has 1 aromatic carbocycles. The molecular weight excluding hydrogens is 376 g/mol. The Kier molecular flexibility index (Phi) is 8.63. The summed E-state index contributed by atoms with van der Waals surface area (Å²) in [6, 6.07) is 6.22. The zero-order chi connectivity index (χ0) is 22.1. The van der Waals surface area contributed by atoms with Crippen LogP contribution in [0.5, 0.6) is 5.75 Å². The lowest BCUT2D eigenvalue weighted by Gasteiger charge is -2.10. The Morgan fingerprint density at radius 1 is 1.10 bits per heavy atom. The molecule has 1 N–H and O–H groups in total. The van der Waals surface area contributed by atoms with E-state index in [9.17, 15) is 4.79 Å². The minimum Gasteiger partial charge on any atom is -0.496 e. The van der Waals surface area contributed by atoms with Crippen molar-refractivity contribution in [1.82, 2.24) is 0 Å². The standard InChI is InChI=1S/C26H30O4/c1-18(13-15-24-20(3)25(29-5)21(4)26(28)30-24)9-6-7-10-22-14-12-19(2)17-23(22)11-8-16-27/h6-14,17,27H,15-16H2,1-5H3. The number of aryl methyl sites for hydroxylation is 1. The van der Waals surface area contributed by atoms with Crippen molar-refractivity contribution in [3.8, 4) is 5.75 Å². The molecule has 0 amide bonds. The van der Waals surface area contributed by atoms with E-state index in [1.54, 1.807) is 20.1 Å². The van der Waals surface area contributed by atoms with Crippen molar-refractivity contribution in [2.75, 3.05) is 13.7 Å². The van der Waals surface area contributed by atoms with Gasteiger partial charge in [-0.1, -0.05) is 71.9 Å². The van der Waals surface area contributed by atoms with E-state index in [0.29, 0.717) is 23.5 Å². The van der Waals surface area contributed by atoms with Gasteiger partial charge in [0.2, 0.25) is 0 Å². The summed E-state index contributed by atoms with van der Waals surface area (Å²) in [5.74, 6) is 1.21. The number of hydrogen-bond donors (Lipinski definition) is 1. The monoisotopic (exact) mass is 406 g/mol. The molecule has 0 radical (unpaired) electrons. The molecule has 0 atom stereocenters. The number of methoxy groups -OCH3 is 1. The minimum atomic E-state index is -0.360. The van der Waals surface area contributed by atoms with Gasteiger partial charge in [0, 0.05) is 12.0 Å². The van der Waals surface area contributed by atoms with E-state index in [0.717, 1.165) is 22.3 Å². The van der Waals surface area contributed by atoms with E-state index in [-0.39, 0.29) is 12.2 Å². The van der Waals surface area contributed by atoms with Gasteiger partial charge < -0.3 is 14.3 Å². The highest BCUT2D eigenvalue weighted by Crippen LogP contribution is 2.23. The summed E-state index contributed by atoms with van der Waals surface area (Å²) in [5, 5.41) is 9.02. The van der Waals surface area contributed by atoms with Crippen LogP contribution in [0, 0.1) is 20.8 Å². The maximum absolute atomic E-state index is 12.0. The van der Waals surface area contributed by atoms with Gasteiger partial charge in [-0.3, -0.25) is 0 Å². The molecule has 1 heterocycles. The molecule has 30 heavy (non-hydrogen) atoms. The SMILES string of the molecule is COc1c(C)c(CC=C(C)C=CC=Cc2ccc(C)cc2C=CCO)oc(=O)c1C. The topological polar surface area (TPSA) is 59.7 Å². The van der Waals surface area contributed by atoms with Gasteiger partial charge in [-0.2, -0.15) is 0 Å². The third-order valence-corrected chi connectivity index (χ3v) is 4.83. The van der Waals surface area contributed by atoms with Crippen LogP contribution in [0.1, 0.15) is 40.5 Å². The van der Waals surface area contributed by atoms with E-state index in [1.165, 1.54) is 5.56 Å². The Labute approximate surface area is 178 Å². The van der Waals surface area contributed by atoms with Gasteiger partial charge in [0.1, 0.15) is 11.5 Å². The molecule has 0 bridgehead atoms. The number of hydrogen-bond acceptors (Lipinski definition) is 4. The number of aliphatic hydroxyl groups excluding tert-OH is 1. The first-order valence-corrected chi connectivity index (χ1v) is 9.94. The van der Waals surface area contributed by atoms with Crippen molar-refractivity contribution in [2.45, 2.75) is 34.1 Å². The minimum absolute atomic E-state index is 0.0213. The van der Waals surface area contributed by atoms with Crippen molar-refractivity contribution in [2.24, 2.45) is 0 Å². The molecule has 0 fully saturated rings. The fourth-order valence-corrected chi connectivity index (χ4v) is 3.12. The Balaban J connectivity index is 2.11. The molecule has 4 nitrogen and oxygen atoms in total. The zero-order valence-corrected chi connectivity index (χ0v) is 18.4. The molecule has 2 rings (SSSR count). The second kappa shape index (κ2) is 11.2. The molecule has 2 aromatic rings. The quantitative estimate of drug-likeness (QED) is 0.601. The lowest BCUT2D eigenvalue weighted by molar-refractivity contribution is 0.343. The van der Waals surface area contributed by atoms with Crippen LogP contribution in [0.15, 0.2) is 63.4 Å². The van der Waals surface area contributed by atoms with Gasteiger partial charge >= 0.3 is 5.63 Å². The highest BCUT2D eigenvalue weighted by Gasteiger charge is 2.13. The van der Waals surface area contributed by atoms with Crippen LogP contribution in [-0.4, -0.2) is 18.8 Å². The second-order valence-electron chi connectivity index (χ2n) is 7.18. The number of aliphatic hydroxyl groups is 1. The number of ether oxygens (including phenoxy) is 1. The van der Waals surface area contributed by atoms with E-state index in [4.69, 9.17) is 14.3 Å². The first kappa shape index (κ1) is 23.2. The molecular formula is C26H30O4. The highest BCUT2D eigenvalue weighted by molar-refractivity contribution is 5.66. The molecule has 4 heteroatoms. The third-order valence-electron chi connectivity index (χ3n) is 4.83. The first-order valence-electron chi connectivity index (χ1n) is 9.94. The largest absolute Gasteiger partial charge is 0.496 e. The van der Waals surface area contributed by atoms with E-state index >= 15 is 0 Å². The lowest BCUT2D eigenvalue weighted by atomic mass is 10.0. The fourth-order valence-electron chi connectivity index (χ4n) is 3.12. The molecule has 0 aliphatic carbocycles. The normalized spacial score (nSPS) is 12.5. The summed E-state index contributed by atoms with van der Waals surface area (Å²) in [4.78, 5) is 12.0. The van der Waals surface area contributed by atoms with Crippen molar-refractivity contribution in [3.63, 3.8) is 0 Å². The summed E-state index contributed by atoms with van der Waals surface area (Å²) in [7, 11) is 1.56. The summed E-state index contributed by atoms with van der Waals surface area (Å²) in [6.45, 7) is 7.68. The lowest BCUT2D eigenvalue weighted by Crippen LogP contribution is -2.10. The Morgan fingerprint density at radius 3 is 2.57 bits per heavy atom. The van der Waals surface area contributed by atoms with Crippen molar-refractivity contribution >= 4 is 12.2 Å². The van der Waals surface area contributed by atoms with Crippen LogP contribution in [0.3, 0.4) is 0 Å². The van der Waals surface area contributed by atoms with Gasteiger partial charge in [0.15, 0.2) is 0 Å². The second-order valence-corrected chi connectivity index (χ2v) is 7.18. The van der Waals surface area contributed by atoms with E-state index in [1.807, 2.05) is 57.2 Å². The predicted molar refractivity (Wildman–Crippen MR) is 124 cm³/mol. The fraction of sp³-hybridized carbons (Fsp3) is 0.269. The average Bonchev–Trinajstić information content (AvgIpc) is 2.72. The van der Waals surface area contributed by atoms with Crippen molar-refractivity contribution < 1.29 is 14.3 Å². The maximum atomic E-state index is 12.0. The zero-order valence-electron chi connectivity index (χ0n) is 18.4. The number of rotatable bonds is 8. The summed E-state index contributed by atoms with van der Waals surface area (Å²) >= 11 is 0. The van der Waals surface area contributed by atoms with Gasteiger partial charge in [-0.15, -0.1) is 0 Å². The van der Waals surface area contributed by atoms with Crippen molar-refractivity contribution in [1.29, 1.82) is 0 Å². The predicted octanol–water partition coefficient (Wildman–Crippen LogP) is 5.34.